The van der Waals surface area contributed by atoms with Crippen molar-refractivity contribution in [2.75, 3.05) is 13.7 Å². The largest absolute Gasteiger partial charge is 0.493 e. The van der Waals surface area contributed by atoms with E-state index in [1.165, 1.54) is 7.11 Å². The van der Waals surface area contributed by atoms with E-state index in [4.69, 9.17) is 19.1 Å². The second kappa shape index (κ2) is 7.83. The lowest BCUT2D eigenvalue weighted by molar-refractivity contribution is 0.0922. The molecule has 1 aromatic carbocycles. The van der Waals surface area contributed by atoms with Crippen LogP contribution in [0.2, 0.25) is 0 Å². The zero-order valence-electron chi connectivity index (χ0n) is 14.3. The van der Waals surface area contributed by atoms with Crippen LogP contribution in [0.15, 0.2) is 22.7 Å². The van der Waals surface area contributed by atoms with Gasteiger partial charge >= 0.3 is 0 Å². The molecule has 0 saturated heterocycles. The number of ether oxygens (including phenoxy) is 2. The van der Waals surface area contributed by atoms with Gasteiger partial charge in [-0.3, -0.25) is 4.79 Å². The number of carbonyl (C=O) groups excluding carboxylic acids is 1. The molecule has 1 aromatic heterocycles. The molecular formula is C17H22N2O5. The second-order valence-electron chi connectivity index (χ2n) is 5.51. The molecule has 1 atom stereocenters. The minimum Gasteiger partial charge on any atom is -0.493 e. The van der Waals surface area contributed by atoms with Crippen LogP contribution in [0.3, 0.4) is 0 Å². The highest BCUT2D eigenvalue weighted by Gasteiger charge is 2.15. The number of nitrogens with zero attached hydrogens (tertiary/aromatic N) is 1. The highest BCUT2D eigenvalue weighted by atomic mass is 16.5. The minimum atomic E-state index is -0.320. The molecule has 1 heterocycles. The van der Waals surface area contributed by atoms with Gasteiger partial charge in [-0.2, -0.15) is 0 Å². The number of hydrogen-bond donors (Lipinski definition) is 2. The van der Waals surface area contributed by atoms with Gasteiger partial charge in [-0.05, 0) is 39.0 Å². The highest BCUT2D eigenvalue weighted by Crippen LogP contribution is 2.29. The van der Waals surface area contributed by atoms with E-state index in [0.717, 1.165) is 11.3 Å². The Labute approximate surface area is 140 Å². The number of rotatable bonds is 7. The van der Waals surface area contributed by atoms with E-state index in [-0.39, 0.29) is 18.6 Å². The molecule has 7 nitrogen and oxygen atoms in total. The number of aliphatic hydroxyl groups excluding tert-OH is 1. The van der Waals surface area contributed by atoms with Crippen LogP contribution in [-0.4, -0.2) is 35.9 Å². The molecule has 0 spiro atoms. The third-order valence-electron chi connectivity index (χ3n) is 3.63. The van der Waals surface area contributed by atoms with E-state index >= 15 is 0 Å². The van der Waals surface area contributed by atoms with Crippen molar-refractivity contribution in [3.8, 4) is 11.5 Å². The molecule has 2 aromatic rings. The first-order valence-corrected chi connectivity index (χ1v) is 7.60. The molecule has 0 aliphatic heterocycles. The number of carbonyl (C=O) groups is 1. The normalized spacial score (nSPS) is 11.9. The molecule has 0 radical (unpaired) electrons. The maximum Gasteiger partial charge on any atom is 0.251 e. The van der Waals surface area contributed by atoms with Crippen LogP contribution in [0.5, 0.6) is 11.5 Å². The SMILES string of the molecule is COc1cc(C(=O)NC(C)CO)ccc1OCc1c(C)noc1C. The third-order valence-corrected chi connectivity index (χ3v) is 3.63. The molecule has 24 heavy (non-hydrogen) atoms. The van der Waals surface area contributed by atoms with Crippen LogP contribution in [0.4, 0.5) is 0 Å². The van der Waals surface area contributed by atoms with Crippen molar-refractivity contribution in [1.29, 1.82) is 0 Å². The molecule has 0 aliphatic carbocycles. The number of nitrogens with one attached hydrogen (secondary N) is 1. The monoisotopic (exact) mass is 334 g/mol. The van der Waals surface area contributed by atoms with Crippen molar-refractivity contribution < 1.29 is 23.9 Å². The van der Waals surface area contributed by atoms with Crippen LogP contribution in [0.25, 0.3) is 0 Å². The van der Waals surface area contributed by atoms with E-state index in [9.17, 15) is 4.79 Å². The summed E-state index contributed by atoms with van der Waals surface area (Å²) in [5, 5.41) is 15.6. The quantitative estimate of drug-likeness (QED) is 0.804. The van der Waals surface area contributed by atoms with E-state index in [1.54, 1.807) is 25.1 Å². The molecule has 2 rings (SSSR count). The zero-order chi connectivity index (χ0) is 17.7. The Morgan fingerprint density at radius 3 is 2.71 bits per heavy atom. The Bertz CT molecular complexity index is 692. The molecule has 0 saturated carbocycles. The number of hydrogen-bond acceptors (Lipinski definition) is 6. The fourth-order valence-corrected chi connectivity index (χ4v) is 2.14. The Hall–Kier alpha value is -2.54. The highest BCUT2D eigenvalue weighted by molar-refractivity contribution is 5.95. The first-order valence-electron chi connectivity index (χ1n) is 7.60. The van der Waals surface area contributed by atoms with Crippen molar-refractivity contribution >= 4 is 5.91 Å². The van der Waals surface area contributed by atoms with Gasteiger partial charge in [0.05, 0.1) is 25.0 Å². The second-order valence-corrected chi connectivity index (χ2v) is 5.51. The zero-order valence-corrected chi connectivity index (χ0v) is 14.3. The standard InChI is InChI=1S/C17H22N2O5/c1-10(8-20)18-17(21)13-5-6-15(16(7-13)22-4)23-9-14-11(2)19-24-12(14)3/h5-7,10,20H,8-9H2,1-4H3,(H,18,21). The summed E-state index contributed by atoms with van der Waals surface area (Å²) in [6, 6.07) is 4.60. The van der Waals surface area contributed by atoms with Gasteiger partial charge in [0.2, 0.25) is 0 Å². The molecule has 2 N–H and O–H groups in total. The van der Waals surface area contributed by atoms with Gasteiger partial charge in [0, 0.05) is 11.6 Å². The molecule has 7 heteroatoms. The number of benzene rings is 1. The Balaban J connectivity index is 2.13. The van der Waals surface area contributed by atoms with Crippen LogP contribution < -0.4 is 14.8 Å². The van der Waals surface area contributed by atoms with E-state index in [2.05, 4.69) is 10.5 Å². The Morgan fingerprint density at radius 2 is 2.12 bits per heavy atom. The summed E-state index contributed by atoms with van der Waals surface area (Å²) in [7, 11) is 1.51. The molecule has 0 bridgehead atoms. The summed E-state index contributed by atoms with van der Waals surface area (Å²) < 4.78 is 16.2. The van der Waals surface area contributed by atoms with Crippen molar-refractivity contribution in [2.45, 2.75) is 33.4 Å². The molecular weight excluding hydrogens is 312 g/mol. The smallest absolute Gasteiger partial charge is 0.251 e. The molecule has 0 fully saturated rings. The van der Waals surface area contributed by atoms with Crippen LogP contribution in [0, 0.1) is 13.8 Å². The lowest BCUT2D eigenvalue weighted by atomic mass is 10.1. The van der Waals surface area contributed by atoms with Gasteiger partial charge in [0.25, 0.3) is 5.91 Å². The molecule has 130 valence electrons. The summed E-state index contributed by atoms with van der Waals surface area (Å²) in [4.78, 5) is 12.1. The van der Waals surface area contributed by atoms with Gasteiger partial charge in [-0.25, -0.2) is 0 Å². The van der Waals surface area contributed by atoms with Crippen LogP contribution in [0.1, 0.15) is 34.3 Å². The summed E-state index contributed by atoms with van der Waals surface area (Å²) >= 11 is 0. The maximum atomic E-state index is 12.1. The summed E-state index contributed by atoms with van der Waals surface area (Å²) in [5.74, 6) is 1.39. The van der Waals surface area contributed by atoms with Crippen LogP contribution >= 0.6 is 0 Å². The molecule has 0 aliphatic rings. The summed E-state index contributed by atoms with van der Waals surface area (Å²) in [6.45, 7) is 5.57. The average molecular weight is 334 g/mol. The average Bonchev–Trinajstić information content (AvgIpc) is 2.90. The number of aromatic nitrogens is 1. The minimum absolute atomic E-state index is 0.124. The number of aliphatic hydroxyl groups is 1. The van der Waals surface area contributed by atoms with E-state index in [1.807, 2.05) is 13.8 Å². The number of methoxy groups -OCH3 is 1. The van der Waals surface area contributed by atoms with Crippen LogP contribution in [-0.2, 0) is 6.61 Å². The molecule has 1 amide bonds. The maximum absolute atomic E-state index is 12.1. The Kier molecular flexibility index (Phi) is 5.81. The fraction of sp³-hybridized carbons (Fsp3) is 0.412. The van der Waals surface area contributed by atoms with Crippen molar-refractivity contribution in [3.05, 3.63) is 40.8 Å². The lowest BCUT2D eigenvalue weighted by Crippen LogP contribution is -2.34. The lowest BCUT2D eigenvalue weighted by Gasteiger charge is -2.14. The molecule has 1 unspecified atom stereocenters. The van der Waals surface area contributed by atoms with Crippen molar-refractivity contribution in [2.24, 2.45) is 0 Å². The van der Waals surface area contributed by atoms with Gasteiger partial charge in [0.1, 0.15) is 12.4 Å². The number of amides is 1. The van der Waals surface area contributed by atoms with Gasteiger partial charge in [-0.1, -0.05) is 5.16 Å². The topological polar surface area (TPSA) is 93.8 Å². The number of aryl methyl sites for hydroxylation is 2. The van der Waals surface area contributed by atoms with Gasteiger partial charge < -0.3 is 24.4 Å². The Morgan fingerprint density at radius 1 is 1.38 bits per heavy atom. The van der Waals surface area contributed by atoms with Crippen molar-refractivity contribution in [3.63, 3.8) is 0 Å². The third kappa shape index (κ3) is 4.05. The summed E-state index contributed by atoms with van der Waals surface area (Å²) in [6.07, 6.45) is 0. The van der Waals surface area contributed by atoms with E-state index in [0.29, 0.717) is 29.4 Å². The summed E-state index contributed by atoms with van der Waals surface area (Å²) in [5.41, 5.74) is 2.09. The predicted molar refractivity (Wildman–Crippen MR) is 87.3 cm³/mol. The van der Waals surface area contributed by atoms with E-state index < -0.39 is 0 Å². The first kappa shape index (κ1) is 17.8. The van der Waals surface area contributed by atoms with Gasteiger partial charge in [-0.15, -0.1) is 0 Å². The predicted octanol–water partition coefficient (Wildman–Crippen LogP) is 1.99. The fourth-order valence-electron chi connectivity index (χ4n) is 2.14. The van der Waals surface area contributed by atoms with Gasteiger partial charge in [0.15, 0.2) is 11.5 Å². The van der Waals surface area contributed by atoms with Crippen molar-refractivity contribution in [1.82, 2.24) is 10.5 Å². The first-order chi connectivity index (χ1) is 11.5.